The lowest BCUT2D eigenvalue weighted by Crippen LogP contribution is -2.10. The number of nitrogens with zero attached hydrogens (tertiary/aromatic N) is 2. The molecule has 2 heteroatoms. The van der Waals surface area contributed by atoms with Gasteiger partial charge in [-0.05, 0) is 133 Å². The number of para-hydroxylation sites is 2. The van der Waals surface area contributed by atoms with Gasteiger partial charge >= 0.3 is 0 Å². The Labute approximate surface area is 385 Å². The van der Waals surface area contributed by atoms with E-state index in [1.54, 1.807) is 0 Å². The van der Waals surface area contributed by atoms with Gasteiger partial charge in [0.2, 0.25) is 0 Å². The molecule has 0 aliphatic rings. The minimum atomic E-state index is 1.08. The van der Waals surface area contributed by atoms with E-state index in [2.05, 4.69) is 276 Å². The fourth-order valence-corrected chi connectivity index (χ4v) is 9.81. The number of hydrogen-bond donors (Lipinski definition) is 0. The average molecular weight is 841 g/mol. The Bertz CT molecular complexity index is 3680. The van der Waals surface area contributed by atoms with Gasteiger partial charge < -0.3 is 9.47 Å². The molecule has 0 N–H and O–H groups in total. The van der Waals surface area contributed by atoms with Crippen LogP contribution in [0.5, 0.6) is 0 Å². The Kier molecular flexibility index (Phi) is 9.89. The third-order valence-electron chi connectivity index (χ3n) is 13.0. The van der Waals surface area contributed by atoms with Crippen molar-refractivity contribution < 1.29 is 0 Å². The van der Waals surface area contributed by atoms with Crippen LogP contribution in [0.15, 0.2) is 267 Å². The van der Waals surface area contributed by atoms with E-state index in [0.717, 1.165) is 28.3 Å². The predicted molar refractivity (Wildman–Crippen MR) is 280 cm³/mol. The largest absolute Gasteiger partial charge is 0.310 e. The highest BCUT2D eigenvalue weighted by molar-refractivity contribution is 6.16. The summed E-state index contributed by atoms with van der Waals surface area (Å²) in [4.78, 5) is 2.39. The molecule has 310 valence electrons. The molecule has 0 radical (unpaired) electrons. The molecule has 0 saturated carbocycles. The van der Waals surface area contributed by atoms with E-state index in [1.807, 2.05) is 0 Å². The molecule has 0 fully saturated rings. The van der Waals surface area contributed by atoms with Crippen LogP contribution in [0.1, 0.15) is 0 Å². The second kappa shape index (κ2) is 16.8. The van der Waals surface area contributed by atoms with Crippen LogP contribution in [0.4, 0.5) is 17.1 Å². The van der Waals surface area contributed by atoms with E-state index in [0.29, 0.717) is 0 Å². The molecule has 12 aromatic rings. The molecule has 66 heavy (non-hydrogen) atoms. The number of hydrogen-bond acceptors (Lipinski definition) is 1. The molecule has 0 aliphatic heterocycles. The van der Waals surface area contributed by atoms with Crippen molar-refractivity contribution in [1.29, 1.82) is 0 Å². The van der Waals surface area contributed by atoms with Crippen molar-refractivity contribution in [2.45, 2.75) is 0 Å². The van der Waals surface area contributed by atoms with Gasteiger partial charge in [0.05, 0.1) is 11.0 Å². The highest BCUT2D eigenvalue weighted by Crippen LogP contribution is 2.44. The van der Waals surface area contributed by atoms with Crippen molar-refractivity contribution in [2.75, 3.05) is 4.90 Å². The number of fused-ring (bicyclic) bond motifs is 4. The maximum Gasteiger partial charge on any atom is 0.0547 e. The molecule has 1 heterocycles. The van der Waals surface area contributed by atoms with Gasteiger partial charge in [0.1, 0.15) is 0 Å². The summed E-state index contributed by atoms with van der Waals surface area (Å²) in [6, 6.07) is 96.8. The molecule has 0 atom stereocenters. The lowest BCUT2D eigenvalue weighted by Gasteiger charge is -2.27. The first kappa shape index (κ1) is 38.9. The summed E-state index contributed by atoms with van der Waals surface area (Å²) in [6.45, 7) is 0. The van der Waals surface area contributed by atoms with Crippen molar-refractivity contribution >= 4 is 49.6 Å². The van der Waals surface area contributed by atoms with Crippen LogP contribution in [0.25, 0.3) is 93.9 Å². The highest BCUT2D eigenvalue weighted by Gasteiger charge is 2.20. The van der Waals surface area contributed by atoms with Crippen molar-refractivity contribution in [1.82, 2.24) is 4.57 Å². The number of aromatic nitrogens is 1. The summed E-state index contributed by atoms with van der Waals surface area (Å²) in [5.41, 5.74) is 18.7. The van der Waals surface area contributed by atoms with Gasteiger partial charge in [0.25, 0.3) is 0 Å². The molecule has 0 amide bonds. The average Bonchev–Trinajstić information content (AvgIpc) is 3.74. The lowest BCUT2D eigenvalue weighted by molar-refractivity contribution is 1.18. The Morgan fingerprint density at radius 2 is 0.742 bits per heavy atom. The maximum atomic E-state index is 2.39. The van der Waals surface area contributed by atoms with Crippen LogP contribution in [0.2, 0.25) is 0 Å². The van der Waals surface area contributed by atoms with Crippen LogP contribution in [-0.4, -0.2) is 4.57 Å². The molecule has 0 unspecified atom stereocenters. The Balaban J connectivity index is 0.948. The first-order valence-electron chi connectivity index (χ1n) is 22.7. The molecule has 1 aromatic heterocycles. The Hall–Kier alpha value is -8.72. The van der Waals surface area contributed by atoms with E-state index >= 15 is 0 Å². The molecule has 11 aromatic carbocycles. The third-order valence-corrected chi connectivity index (χ3v) is 13.0. The number of rotatable bonds is 9. The van der Waals surface area contributed by atoms with E-state index in [-0.39, 0.29) is 0 Å². The highest BCUT2D eigenvalue weighted by atomic mass is 15.1. The van der Waals surface area contributed by atoms with Crippen LogP contribution in [0.3, 0.4) is 0 Å². The Morgan fingerprint density at radius 1 is 0.258 bits per heavy atom. The summed E-state index contributed by atoms with van der Waals surface area (Å²) in [7, 11) is 0. The minimum Gasteiger partial charge on any atom is -0.310 e. The van der Waals surface area contributed by atoms with E-state index in [4.69, 9.17) is 0 Å². The van der Waals surface area contributed by atoms with Crippen molar-refractivity contribution in [3.63, 3.8) is 0 Å². The molecule has 0 bridgehead atoms. The third kappa shape index (κ3) is 7.12. The first-order chi connectivity index (χ1) is 32.7. The zero-order chi connectivity index (χ0) is 43.8. The topological polar surface area (TPSA) is 8.17 Å². The molecule has 0 saturated heterocycles. The smallest absolute Gasteiger partial charge is 0.0547 e. The van der Waals surface area contributed by atoms with Crippen molar-refractivity contribution in [2.24, 2.45) is 0 Å². The summed E-state index contributed by atoms with van der Waals surface area (Å²) in [5.74, 6) is 0. The molecule has 0 spiro atoms. The molecule has 2 nitrogen and oxygen atoms in total. The fourth-order valence-electron chi connectivity index (χ4n) is 9.81. The van der Waals surface area contributed by atoms with Gasteiger partial charge in [0, 0.05) is 33.5 Å². The van der Waals surface area contributed by atoms with Crippen molar-refractivity contribution in [3.8, 4) is 61.3 Å². The molecule has 0 aliphatic carbocycles. The van der Waals surface area contributed by atoms with E-state index < -0.39 is 0 Å². The molecular formula is C64H44N2. The van der Waals surface area contributed by atoms with E-state index in [9.17, 15) is 0 Å². The fraction of sp³-hybridized carbons (Fsp3) is 0. The maximum absolute atomic E-state index is 2.39. The SMILES string of the molecule is c1ccc(-c2cccc(N(c3ccc(-c4ccc(-c5ccc6ccccc6c5)cc4)cc3)c3cccc(-c4ccccc4-c4cccc5c4c4ccccc4n5-c4ccccc4)c3)c2)cc1. The molecular weight excluding hydrogens is 797 g/mol. The lowest BCUT2D eigenvalue weighted by atomic mass is 9.91. The van der Waals surface area contributed by atoms with Crippen LogP contribution >= 0.6 is 0 Å². The summed E-state index contributed by atoms with van der Waals surface area (Å²) in [5, 5.41) is 5.00. The quantitative estimate of drug-likeness (QED) is 0.141. The zero-order valence-electron chi connectivity index (χ0n) is 36.3. The first-order valence-corrected chi connectivity index (χ1v) is 22.7. The second-order valence-corrected chi connectivity index (χ2v) is 16.9. The summed E-state index contributed by atoms with van der Waals surface area (Å²) in [6.07, 6.45) is 0. The summed E-state index contributed by atoms with van der Waals surface area (Å²) < 4.78 is 2.39. The van der Waals surface area contributed by atoms with Crippen LogP contribution in [0, 0.1) is 0 Å². The standard InChI is InChI=1S/C64H44N2/c1-3-16-45(17-4-1)51-20-13-24-56(43-51)65(55-40-38-48(39-41-55)47-32-34-49(35-33-47)52-37-36-46-18-7-8-19-50(46)42-52)57-25-14-21-53(44-57)58-26-9-10-27-59(58)60-29-15-31-63-64(60)61-28-11-12-30-62(61)66(63)54-22-5-2-6-23-54/h1-44H. The molecule has 12 rings (SSSR count). The van der Waals surface area contributed by atoms with Crippen LogP contribution in [-0.2, 0) is 0 Å². The van der Waals surface area contributed by atoms with Gasteiger partial charge in [-0.2, -0.15) is 0 Å². The zero-order valence-corrected chi connectivity index (χ0v) is 36.3. The monoisotopic (exact) mass is 840 g/mol. The number of anilines is 3. The predicted octanol–water partition coefficient (Wildman–Crippen LogP) is 17.7. The van der Waals surface area contributed by atoms with Gasteiger partial charge in [-0.25, -0.2) is 0 Å². The van der Waals surface area contributed by atoms with Gasteiger partial charge in [-0.1, -0.05) is 200 Å². The van der Waals surface area contributed by atoms with Gasteiger partial charge in [-0.15, -0.1) is 0 Å². The minimum absolute atomic E-state index is 1.08. The van der Waals surface area contributed by atoms with Gasteiger partial charge in [0.15, 0.2) is 0 Å². The van der Waals surface area contributed by atoms with Crippen LogP contribution < -0.4 is 4.90 Å². The second-order valence-electron chi connectivity index (χ2n) is 16.9. The summed E-state index contributed by atoms with van der Waals surface area (Å²) >= 11 is 0. The number of benzene rings is 11. The van der Waals surface area contributed by atoms with Gasteiger partial charge in [-0.3, -0.25) is 0 Å². The Morgan fingerprint density at radius 3 is 1.50 bits per heavy atom. The normalized spacial score (nSPS) is 11.3. The van der Waals surface area contributed by atoms with E-state index in [1.165, 1.54) is 82.6 Å². The van der Waals surface area contributed by atoms with Crippen molar-refractivity contribution in [3.05, 3.63) is 267 Å².